The van der Waals surface area contributed by atoms with Crippen molar-refractivity contribution < 1.29 is 9.59 Å². The molecule has 6 nitrogen and oxygen atoms in total. The van der Waals surface area contributed by atoms with Gasteiger partial charge in [0.25, 0.3) is 5.91 Å². The highest BCUT2D eigenvalue weighted by atomic mass is 79.9. The first kappa shape index (κ1) is 14.9. The quantitative estimate of drug-likeness (QED) is 0.876. The Morgan fingerprint density at radius 2 is 2.20 bits per heavy atom. The van der Waals surface area contributed by atoms with E-state index in [1.54, 1.807) is 11.0 Å². The van der Waals surface area contributed by atoms with Crippen LogP contribution in [0.15, 0.2) is 16.7 Å². The van der Waals surface area contributed by atoms with Gasteiger partial charge >= 0.3 is 6.03 Å². The average molecular weight is 343 g/mol. The Kier molecular flexibility index (Phi) is 4.37. The van der Waals surface area contributed by atoms with E-state index in [9.17, 15) is 9.59 Å². The van der Waals surface area contributed by atoms with E-state index in [1.165, 1.54) is 0 Å². The van der Waals surface area contributed by atoms with Crippen molar-refractivity contribution in [1.29, 1.82) is 0 Å². The van der Waals surface area contributed by atoms with Gasteiger partial charge in [0.05, 0.1) is 0 Å². The van der Waals surface area contributed by atoms with Crippen molar-refractivity contribution in [3.05, 3.63) is 22.4 Å². The second-order valence-electron chi connectivity index (χ2n) is 5.29. The summed E-state index contributed by atoms with van der Waals surface area (Å²) in [5.74, 6) is -0.124. The molecule has 0 aliphatic carbocycles. The number of rotatable bonds is 3. The van der Waals surface area contributed by atoms with Crippen LogP contribution in [0.1, 0.15) is 36.8 Å². The highest BCUT2D eigenvalue weighted by Crippen LogP contribution is 2.20. The lowest BCUT2D eigenvalue weighted by Gasteiger charge is -2.16. The number of primary amides is 1. The predicted octanol–water partition coefficient (Wildman–Crippen LogP) is 1.71. The first-order valence-corrected chi connectivity index (χ1v) is 7.40. The van der Waals surface area contributed by atoms with Crippen molar-refractivity contribution in [1.82, 2.24) is 14.8 Å². The molecular formula is C13H19BrN4O2. The molecule has 3 amide bonds. The van der Waals surface area contributed by atoms with E-state index in [0.717, 1.165) is 10.9 Å². The third kappa shape index (κ3) is 3.15. The molecule has 1 aromatic rings. The summed E-state index contributed by atoms with van der Waals surface area (Å²) in [5.41, 5.74) is 5.85. The summed E-state index contributed by atoms with van der Waals surface area (Å²) in [6, 6.07) is 1.53. The normalized spacial score (nSPS) is 18.6. The molecule has 1 aliphatic heterocycles. The molecule has 3 N–H and O–H groups in total. The number of amides is 3. The SMILES string of the molecule is CC(C)n1cc(Br)cc1C(=O)NC1CCN(C(N)=O)C1. The Morgan fingerprint density at radius 1 is 1.50 bits per heavy atom. The molecule has 7 heteroatoms. The van der Waals surface area contributed by atoms with Crippen molar-refractivity contribution >= 4 is 27.9 Å². The lowest BCUT2D eigenvalue weighted by atomic mass is 10.2. The molecule has 1 unspecified atom stereocenters. The molecule has 1 aromatic heterocycles. The summed E-state index contributed by atoms with van der Waals surface area (Å²) in [6.45, 7) is 5.11. The molecule has 0 spiro atoms. The van der Waals surface area contributed by atoms with Crippen LogP contribution in [-0.4, -0.2) is 40.5 Å². The van der Waals surface area contributed by atoms with E-state index < -0.39 is 6.03 Å². The Morgan fingerprint density at radius 3 is 2.75 bits per heavy atom. The Hall–Kier alpha value is -1.50. The van der Waals surface area contributed by atoms with E-state index in [1.807, 2.05) is 24.6 Å². The zero-order chi connectivity index (χ0) is 14.9. The average Bonchev–Trinajstić information content (AvgIpc) is 2.95. The van der Waals surface area contributed by atoms with Gasteiger partial charge in [-0.25, -0.2) is 4.79 Å². The zero-order valence-electron chi connectivity index (χ0n) is 11.6. The minimum Gasteiger partial charge on any atom is -0.351 e. The van der Waals surface area contributed by atoms with E-state index in [4.69, 9.17) is 5.73 Å². The number of urea groups is 1. The molecule has 1 fully saturated rings. The molecule has 2 heterocycles. The fraction of sp³-hybridized carbons (Fsp3) is 0.538. The van der Waals surface area contributed by atoms with Gasteiger partial charge in [0.2, 0.25) is 0 Å². The Bertz CT molecular complexity index is 526. The molecule has 20 heavy (non-hydrogen) atoms. The number of halogens is 1. The van der Waals surface area contributed by atoms with Gasteiger partial charge in [-0.1, -0.05) is 0 Å². The first-order chi connectivity index (χ1) is 9.38. The Balaban J connectivity index is 2.04. The monoisotopic (exact) mass is 342 g/mol. The molecule has 0 aromatic carbocycles. The number of carbonyl (C=O) groups is 2. The molecule has 1 atom stereocenters. The van der Waals surface area contributed by atoms with E-state index >= 15 is 0 Å². The first-order valence-electron chi connectivity index (χ1n) is 6.61. The lowest BCUT2D eigenvalue weighted by molar-refractivity contribution is 0.0927. The minimum absolute atomic E-state index is 0.0377. The molecular weight excluding hydrogens is 324 g/mol. The van der Waals surface area contributed by atoms with Crippen LogP contribution in [0.4, 0.5) is 4.79 Å². The minimum atomic E-state index is -0.435. The summed E-state index contributed by atoms with van der Waals surface area (Å²) in [6.07, 6.45) is 2.63. The van der Waals surface area contributed by atoms with Crippen LogP contribution < -0.4 is 11.1 Å². The van der Waals surface area contributed by atoms with Gasteiger partial charge < -0.3 is 20.5 Å². The lowest BCUT2D eigenvalue weighted by Crippen LogP contribution is -2.40. The highest BCUT2D eigenvalue weighted by molar-refractivity contribution is 9.10. The fourth-order valence-corrected chi connectivity index (χ4v) is 2.83. The Labute approximate surface area is 126 Å². The van der Waals surface area contributed by atoms with Gasteiger partial charge in [0.15, 0.2) is 0 Å². The maximum atomic E-state index is 12.3. The standard InChI is InChI=1S/C13H19BrN4O2/c1-8(2)18-6-9(14)5-11(18)12(19)16-10-3-4-17(7-10)13(15)20/h5-6,8,10H,3-4,7H2,1-2H3,(H2,15,20)(H,16,19). The zero-order valence-corrected chi connectivity index (χ0v) is 13.2. The fourth-order valence-electron chi connectivity index (χ4n) is 2.39. The van der Waals surface area contributed by atoms with E-state index in [-0.39, 0.29) is 18.0 Å². The smallest absolute Gasteiger partial charge is 0.314 e. The number of aromatic nitrogens is 1. The molecule has 1 aliphatic rings. The van der Waals surface area contributed by atoms with Crippen LogP contribution in [0.2, 0.25) is 0 Å². The van der Waals surface area contributed by atoms with Crippen molar-refractivity contribution in [2.75, 3.05) is 13.1 Å². The third-order valence-electron chi connectivity index (χ3n) is 3.44. The number of likely N-dealkylation sites (tertiary alicyclic amines) is 1. The highest BCUT2D eigenvalue weighted by Gasteiger charge is 2.27. The number of carbonyl (C=O) groups excluding carboxylic acids is 2. The molecule has 0 radical (unpaired) electrons. The second-order valence-corrected chi connectivity index (χ2v) is 6.20. The summed E-state index contributed by atoms with van der Waals surface area (Å²) >= 11 is 3.39. The van der Waals surface area contributed by atoms with Crippen LogP contribution in [0.3, 0.4) is 0 Å². The van der Waals surface area contributed by atoms with Crippen LogP contribution >= 0.6 is 15.9 Å². The van der Waals surface area contributed by atoms with Crippen molar-refractivity contribution in [3.8, 4) is 0 Å². The van der Waals surface area contributed by atoms with Crippen molar-refractivity contribution in [3.63, 3.8) is 0 Å². The molecule has 110 valence electrons. The van der Waals surface area contributed by atoms with Gasteiger partial charge in [-0.15, -0.1) is 0 Å². The van der Waals surface area contributed by atoms with Gasteiger partial charge in [-0.3, -0.25) is 4.79 Å². The topological polar surface area (TPSA) is 80.4 Å². The molecule has 2 rings (SSSR count). The van der Waals surface area contributed by atoms with Crippen LogP contribution in [-0.2, 0) is 0 Å². The summed E-state index contributed by atoms with van der Waals surface area (Å²) in [4.78, 5) is 24.9. The molecule has 0 bridgehead atoms. The number of hydrogen-bond acceptors (Lipinski definition) is 2. The molecule has 1 saturated heterocycles. The van der Waals surface area contributed by atoms with Gasteiger partial charge in [0, 0.05) is 35.8 Å². The van der Waals surface area contributed by atoms with Crippen molar-refractivity contribution in [2.45, 2.75) is 32.4 Å². The maximum absolute atomic E-state index is 12.3. The molecule has 0 saturated carbocycles. The number of hydrogen-bond donors (Lipinski definition) is 2. The number of nitrogens with one attached hydrogen (secondary N) is 1. The second kappa shape index (κ2) is 5.87. The third-order valence-corrected chi connectivity index (χ3v) is 3.87. The van der Waals surface area contributed by atoms with Crippen molar-refractivity contribution in [2.24, 2.45) is 5.73 Å². The summed E-state index contributed by atoms with van der Waals surface area (Å²) < 4.78 is 2.79. The maximum Gasteiger partial charge on any atom is 0.314 e. The van der Waals surface area contributed by atoms with Gasteiger partial charge in [-0.2, -0.15) is 0 Å². The van der Waals surface area contributed by atoms with E-state index in [2.05, 4.69) is 21.2 Å². The van der Waals surface area contributed by atoms with E-state index in [0.29, 0.717) is 18.8 Å². The summed E-state index contributed by atoms with van der Waals surface area (Å²) in [5, 5.41) is 2.96. The van der Waals surface area contributed by atoms with Crippen LogP contribution in [0.5, 0.6) is 0 Å². The number of nitrogens with two attached hydrogens (primary N) is 1. The predicted molar refractivity (Wildman–Crippen MR) is 79.5 cm³/mol. The number of nitrogens with zero attached hydrogens (tertiary/aromatic N) is 2. The van der Waals surface area contributed by atoms with Gasteiger partial charge in [-0.05, 0) is 42.3 Å². The van der Waals surface area contributed by atoms with Gasteiger partial charge in [0.1, 0.15) is 5.69 Å². The summed E-state index contributed by atoms with van der Waals surface area (Å²) in [7, 11) is 0. The largest absolute Gasteiger partial charge is 0.351 e. The van der Waals surface area contributed by atoms with Crippen LogP contribution in [0.25, 0.3) is 0 Å². The van der Waals surface area contributed by atoms with Crippen LogP contribution in [0, 0.1) is 0 Å².